The minimum absolute atomic E-state index is 0.355. The van der Waals surface area contributed by atoms with Crippen molar-refractivity contribution < 1.29 is 4.74 Å². The van der Waals surface area contributed by atoms with Crippen LogP contribution in [0.3, 0.4) is 0 Å². The average Bonchev–Trinajstić information content (AvgIpc) is 2.45. The zero-order valence-corrected chi connectivity index (χ0v) is 11.4. The molecule has 0 unspecified atom stereocenters. The van der Waals surface area contributed by atoms with Gasteiger partial charge in [-0.2, -0.15) is 0 Å². The second-order valence-corrected chi connectivity index (χ2v) is 5.27. The molecule has 0 saturated heterocycles. The van der Waals surface area contributed by atoms with E-state index in [1.54, 1.807) is 0 Å². The Bertz CT molecular complexity index is 570. The highest BCUT2D eigenvalue weighted by molar-refractivity contribution is 6.30. The van der Waals surface area contributed by atoms with Crippen LogP contribution in [0.5, 0.6) is 5.75 Å². The summed E-state index contributed by atoms with van der Waals surface area (Å²) >= 11 is 5.98. The van der Waals surface area contributed by atoms with E-state index in [1.165, 1.54) is 11.1 Å². The van der Waals surface area contributed by atoms with Crippen LogP contribution in [0, 0.1) is 0 Å². The molecule has 0 spiro atoms. The monoisotopic (exact) mass is 273 g/mol. The lowest BCUT2D eigenvalue weighted by atomic mass is 10.0. The van der Waals surface area contributed by atoms with Gasteiger partial charge in [0.05, 0.1) is 0 Å². The van der Waals surface area contributed by atoms with Crippen molar-refractivity contribution in [3.05, 3.63) is 64.7 Å². The van der Waals surface area contributed by atoms with Crippen LogP contribution in [-0.4, -0.2) is 12.6 Å². The number of hydrogen-bond acceptors (Lipinski definition) is 2. The Balaban J connectivity index is 1.61. The zero-order chi connectivity index (χ0) is 13.1. The summed E-state index contributed by atoms with van der Waals surface area (Å²) in [5, 5.41) is 4.30. The Morgan fingerprint density at radius 3 is 2.95 bits per heavy atom. The number of benzene rings is 2. The van der Waals surface area contributed by atoms with Gasteiger partial charge in [-0.1, -0.05) is 41.9 Å². The number of nitrogens with one attached hydrogen (secondary N) is 1. The van der Waals surface area contributed by atoms with E-state index in [2.05, 4.69) is 23.5 Å². The van der Waals surface area contributed by atoms with Crippen LogP contribution in [-0.2, 0) is 13.0 Å². The summed E-state index contributed by atoms with van der Waals surface area (Å²) in [6.07, 6.45) is 1.01. The highest BCUT2D eigenvalue weighted by atomic mass is 35.5. The maximum atomic E-state index is 5.98. The number of halogens is 1. The molecule has 1 aliphatic rings. The predicted octanol–water partition coefficient (Wildman–Crippen LogP) is 3.43. The summed E-state index contributed by atoms with van der Waals surface area (Å²) in [6.45, 7) is 1.54. The molecule has 2 aromatic rings. The molecule has 98 valence electrons. The van der Waals surface area contributed by atoms with E-state index >= 15 is 0 Å². The summed E-state index contributed by atoms with van der Waals surface area (Å²) in [5.74, 6) is 1.02. The van der Waals surface area contributed by atoms with E-state index in [0.29, 0.717) is 6.04 Å². The van der Waals surface area contributed by atoms with Crippen molar-refractivity contribution in [2.75, 3.05) is 6.61 Å². The molecule has 1 heterocycles. The maximum absolute atomic E-state index is 5.98. The van der Waals surface area contributed by atoms with Crippen LogP contribution >= 0.6 is 11.6 Å². The van der Waals surface area contributed by atoms with Gasteiger partial charge in [-0.25, -0.2) is 0 Å². The van der Waals surface area contributed by atoms with E-state index in [9.17, 15) is 0 Å². The van der Waals surface area contributed by atoms with Crippen molar-refractivity contribution in [3.63, 3.8) is 0 Å². The molecule has 0 aromatic heterocycles. The predicted molar refractivity (Wildman–Crippen MR) is 77.7 cm³/mol. The number of fused-ring (bicyclic) bond motifs is 1. The molecule has 0 amide bonds. The van der Waals surface area contributed by atoms with Gasteiger partial charge in [-0.3, -0.25) is 0 Å². The van der Waals surface area contributed by atoms with E-state index < -0.39 is 0 Å². The van der Waals surface area contributed by atoms with Gasteiger partial charge in [0.2, 0.25) is 0 Å². The standard InChI is InChI=1S/C16H16ClNO/c17-14-6-3-4-12(8-14)10-18-15-9-13-5-1-2-7-16(13)19-11-15/h1-8,15,18H,9-11H2/t15-/m0/s1. The molecule has 0 aliphatic carbocycles. The first-order valence-corrected chi connectivity index (χ1v) is 6.87. The Labute approximate surface area is 118 Å². The van der Waals surface area contributed by atoms with Gasteiger partial charge in [-0.05, 0) is 35.7 Å². The Kier molecular flexibility index (Phi) is 3.72. The Hall–Kier alpha value is -1.51. The highest BCUT2D eigenvalue weighted by Gasteiger charge is 2.18. The third-order valence-corrected chi connectivity index (χ3v) is 3.60. The first-order valence-electron chi connectivity index (χ1n) is 6.50. The minimum atomic E-state index is 0.355. The second-order valence-electron chi connectivity index (χ2n) is 4.83. The number of ether oxygens (including phenoxy) is 1. The molecule has 1 atom stereocenters. The van der Waals surface area contributed by atoms with Crippen LogP contribution in [0.1, 0.15) is 11.1 Å². The molecular formula is C16H16ClNO. The van der Waals surface area contributed by atoms with Crippen molar-refractivity contribution >= 4 is 11.6 Å². The molecule has 0 fully saturated rings. The van der Waals surface area contributed by atoms with Gasteiger partial charge in [0.1, 0.15) is 12.4 Å². The molecule has 2 nitrogen and oxygen atoms in total. The van der Waals surface area contributed by atoms with Crippen LogP contribution in [0.25, 0.3) is 0 Å². The van der Waals surface area contributed by atoms with Crippen LogP contribution in [0.4, 0.5) is 0 Å². The van der Waals surface area contributed by atoms with Crippen molar-refractivity contribution in [2.45, 2.75) is 19.0 Å². The quantitative estimate of drug-likeness (QED) is 0.925. The minimum Gasteiger partial charge on any atom is -0.492 e. The van der Waals surface area contributed by atoms with Crippen molar-refractivity contribution in [1.82, 2.24) is 5.32 Å². The fourth-order valence-electron chi connectivity index (χ4n) is 2.37. The summed E-state index contributed by atoms with van der Waals surface area (Å²) in [6, 6.07) is 16.5. The zero-order valence-electron chi connectivity index (χ0n) is 10.6. The third kappa shape index (κ3) is 3.09. The molecule has 3 rings (SSSR count). The normalized spacial score (nSPS) is 17.6. The first kappa shape index (κ1) is 12.5. The van der Waals surface area contributed by atoms with Gasteiger partial charge >= 0.3 is 0 Å². The van der Waals surface area contributed by atoms with Crippen molar-refractivity contribution in [2.24, 2.45) is 0 Å². The number of rotatable bonds is 3. The van der Waals surface area contributed by atoms with Crippen LogP contribution < -0.4 is 10.1 Å². The molecule has 3 heteroatoms. The fraction of sp³-hybridized carbons (Fsp3) is 0.250. The van der Waals surface area contributed by atoms with Gasteiger partial charge in [0, 0.05) is 17.6 Å². The molecule has 1 aliphatic heterocycles. The average molecular weight is 274 g/mol. The lowest BCUT2D eigenvalue weighted by Gasteiger charge is -2.26. The van der Waals surface area contributed by atoms with Gasteiger partial charge in [0.15, 0.2) is 0 Å². The second kappa shape index (κ2) is 5.64. The summed E-state index contributed by atoms with van der Waals surface area (Å²) < 4.78 is 5.76. The Morgan fingerprint density at radius 1 is 1.16 bits per heavy atom. The highest BCUT2D eigenvalue weighted by Crippen LogP contribution is 2.24. The third-order valence-electron chi connectivity index (χ3n) is 3.36. The molecule has 19 heavy (non-hydrogen) atoms. The topological polar surface area (TPSA) is 21.3 Å². The van der Waals surface area contributed by atoms with Crippen LogP contribution in [0.2, 0.25) is 5.02 Å². The van der Waals surface area contributed by atoms with Crippen molar-refractivity contribution in [1.29, 1.82) is 0 Å². The van der Waals surface area contributed by atoms with E-state index in [4.69, 9.17) is 16.3 Å². The maximum Gasteiger partial charge on any atom is 0.122 e. The van der Waals surface area contributed by atoms with Crippen LogP contribution in [0.15, 0.2) is 48.5 Å². The summed E-state index contributed by atoms with van der Waals surface area (Å²) in [7, 11) is 0. The molecular weight excluding hydrogens is 258 g/mol. The van der Waals surface area contributed by atoms with Gasteiger partial charge in [0.25, 0.3) is 0 Å². The Morgan fingerprint density at radius 2 is 2.05 bits per heavy atom. The van der Waals surface area contributed by atoms with E-state index in [1.807, 2.05) is 30.3 Å². The SMILES string of the molecule is Clc1cccc(CN[C@@H]2COc3ccccc3C2)c1. The molecule has 1 N–H and O–H groups in total. The largest absolute Gasteiger partial charge is 0.492 e. The van der Waals surface area contributed by atoms with E-state index in [-0.39, 0.29) is 0 Å². The molecule has 0 saturated carbocycles. The number of para-hydroxylation sites is 1. The van der Waals surface area contributed by atoms with Gasteiger partial charge in [-0.15, -0.1) is 0 Å². The smallest absolute Gasteiger partial charge is 0.122 e. The molecule has 2 aromatic carbocycles. The van der Waals surface area contributed by atoms with Crippen molar-refractivity contribution in [3.8, 4) is 5.75 Å². The lowest BCUT2D eigenvalue weighted by molar-refractivity contribution is 0.238. The summed E-state index contributed by atoms with van der Waals surface area (Å²) in [5.41, 5.74) is 2.48. The summed E-state index contributed by atoms with van der Waals surface area (Å²) in [4.78, 5) is 0. The lowest BCUT2D eigenvalue weighted by Crippen LogP contribution is -2.38. The molecule has 0 bridgehead atoms. The number of hydrogen-bond donors (Lipinski definition) is 1. The first-order chi connectivity index (χ1) is 9.31. The van der Waals surface area contributed by atoms with E-state index in [0.717, 1.165) is 30.3 Å². The molecule has 0 radical (unpaired) electrons. The van der Waals surface area contributed by atoms with Gasteiger partial charge < -0.3 is 10.1 Å². The fourth-order valence-corrected chi connectivity index (χ4v) is 2.58.